The zero-order valence-corrected chi connectivity index (χ0v) is 20.0. The summed E-state index contributed by atoms with van der Waals surface area (Å²) in [6.45, 7) is 7.91. The van der Waals surface area contributed by atoms with Crippen molar-refractivity contribution in [2.24, 2.45) is 0 Å². The quantitative estimate of drug-likeness (QED) is 0.408. The highest BCUT2D eigenvalue weighted by molar-refractivity contribution is 5.92. The van der Waals surface area contributed by atoms with Crippen molar-refractivity contribution in [2.45, 2.75) is 46.0 Å². The molecule has 1 aliphatic rings. The standard InChI is InChI=1S/C30H31N3O/c1-4-6-10-22(5-2)14-17-27-30(33-28(34)20-23-11-8-7-9-12-23)32-26-18-15-24-19-21(3)13-16-25(24)29(26)31-27/h4-13,16,19H,1,14-15,17-18,20H2,2-3H3,(H,32,33,34)/b10-6-,22-5+. The number of aromatic nitrogens is 2. The molecule has 1 N–H and O–H groups in total. The lowest BCUT2D eigenvalue weighted by Gasteiger charge is -2.21. The Morgan fingerprint density at radius 1 is 1.12 bits per heavy atom. The summed E-state index contributed by atoms with van der Waals surface area (Å²) in [6, 6.07) is 16.3. The number of rotatable bonds is 8. The zero-order valence-electron chi connectivity index (χ0n) is 20.0. The van der Waals surface area contributed by atoms with E-state index >= 15 is 0 Å². The highest BCUT2D eigenvalue weighted by atomic mass is 16.1. The lowest BCUT2D eigenvalue weighted by atomic mass is 9.90. The maximum absolute atomic E-state index is 12.9. The smallest absolute Gasteiger partial charge is 0.229 e. The van der Waals surface area contributed by atoms with Gasteiger partial charge >= 0.3 is 0 Å². The second-order valence-electron chi connectivity index (χ2n) is 8.64. The predicted octanol–water partition coefficient (Wildman–Crippen LogP) is 6.35. The second-order valence-corrected chi connectivity index (χ2v) is 8.64. The number of aryl methyl sites for hydroxylation is 4. The van der Waals surface area contributed by atoms with Gasteiger partial charge in [0.25, 0.3) is 0 Å². The summed E-state index contributed by atoms with van der Waals surface area (Å²) >= 11 is 0. The van der Waals surface area contributed by atoms with Crippen LogP contribution in [0.15, 0.2) is 85.0 Å². The maximum atomic E-state index is 12.9. The van der Waals surface area contributed by atoms with Crippen molar-refractivity contribution in [1.82, 2.24) is 9.97 Å². The third-order valence-corrected chi connectivity index (χ3v) is 6.12. The molecule has 0 aliphatic heterocycles. The van der Waals surface area contributed by atoms with Crippen molar-refractivity contribution in [3.63, 3.8) is 0 Å². The number of anilines is 1. The highest BCUT2D eigenvalue weighted by Crippen LogP contribution is 2.33. The van der Waals surface area contributed by atoms with Gasteiger partial charge in [0.1, 0.15) is 0 Å². The molecule has 4 nitrogen and oxygen atoms in total. The van der Waals surface area contributed by atoms with Crippen molar-refractivity contribution in [1.29, 1.82) is 0 Å². The van der Waals surface area contributed by atoms with E-state index in [0.29, 0.717) is 18.7 Å². The van der Waals surface area contributed by atoms with Gasteiger partial charge in [-0.05, 0) is 50.7 Å². The number of benzene rings is 2. The molecule has 172 valence electrons. The molecule has 34 heavy (non-hydrogen) atoms. The van der Waals surface area contributed by atoms with Crippen molar-refractivity contribution in [3.05, 3.63) is 113 Å². The number of nitrogens with zero attached hydrogens (tertiary/aromatic N) is 2. The largest absolute Gasteiger partial charge is 0.309 e. The van der Waals surface area contributed by atoms with Crippen LogP contribution in [0.3, 0.4) is 0 Å². The number of fused-ring (bicyclic) bond motifs is 3. The van der Waals surface area contributed by atoms with E-state index in [1.165, 1.54) is 16.7 Å². The zero-order chi connectivity index (χ0) is 23.9. The van der Waals surface area contributed by atoms with E-state index in [2.05, 4.69) is 49.2 Å². The SMILES string of the molecule is C=C/C=C\C(=C/C)CCc1nc2c(nc1NC(=O)Cc1ccccc1)CCc1cc(C)ccc1-2. The van der Waals surface area contributed by atoms with Crippen LogP contribution in [-0.4, -0.2) is 15.9 Å². The fourth-order valence-electron chi connectivity index (χ4n) is 4.32. The molecule has 0 spiro atoms. The fourth-order valence-corrected chi connectivity index (χ4v) is 4.32. The number of carbonyl (C=O) groups is 1. The van der Waals surface area contributed by atoms with Gasteiger partial charge in [-0.2, -0.15) is 0 Å². The van der Waals surface area contributed by atoms with Gasteiger partial charge in [-0.3, -0.25) is 4.79 Å². The van der Waals surface area contributed by atoms with E-state index in [1.807, 2.05) is 43.3 Å². The Bertz CT molecular complexity index is 1260. The summed E-state index contributed by atoms with van der Waals surface area (Å²) in [5.74, 6) is 0.504. The molecule has 0 radical (unpaired) electrons. The molecule has 1 heterocycles. The van der Waals surface area contributed by atoms with Crippen LogP contribution >= 0.6 is 0 Å². The van der Waals surface area contributed by atoms with E-state index in [1.54, 1.807) is 6.08 Å². The average molecular weight is 450 g/mol. The van der Waals surface area contributed by atoms with Crippen molar-refractivity contribution < 1.29 is 4.79 Å². The number of amides is 1. The molecule has 0 unspecified atom stereocenters. The van der Waals surface area contributed by atoms with Gasteiger partial charge in [0.05, 0.1) is 23.5 Å². The fraction of sp³-hybridized carbons (Fsp3) is 0.233. The van der Waals surface area contributed by atoms with Gasteiger partial charge < -0.3 is 5.32 Å². The first-order valence-electron chi connectivity index (χ1n) is 11.8. The molecule has 0 fully saturated rings. The van der Waals surface area contributed by atoms with E-state index in [9.17, 15) is 4.79 Å². The molecule has 0 saturated heterocycles. The first kappa shape index (κ1) is 23.4. The Balaban J connectivity index is 1.66. The highest BCUT2D eigenvalue weighted by Gasteiger charge is 2.22. The molecule has 3 aromatic rings. The molecule has 1 aliphatic carbocycles. The summed E-state index contributed by atoms with van der Waals surface area (Å²) in [5, 5.41) is 3.06. The Hall–Kier alpha value is -3.79. The second kappa shape index (κ2) is 10.9. The molecule has 0 bridgehead atoms. The maximum Gasteiger partial charge on any atom is 0.229 e. The van der Waals surface area contributed by atoms with Crippen LogP contribution < -0.4 is 5.32 Å². The lowest BCUT2D eigenvalue weighted by molar-refractivity contribution is -0.115. The minimum atomic E-state index is -0.0775. The Morgan fingerprint density at radius 2 is 1.94 bits per heavy atom. The molecule has 1 amide bonds. The molecule has 0 atom stereocenters. The molecular weight excluding hydrogens is 418 g/mol. The number of allylic oxidation sites excluding steroid dienone is 5. The number of carbonyl (C=O) groups excluding carboxylic acids is 1. The van der Waals surface area contributed by atoms with Crippen LogP contribution in [0.5, 0.6) is 0 Å². The summed E-state index contributed by atoms with van der Waals surface area (Å²) in [4.78, 5) is 22.9. The Kier molecular flexibility index (Phi) is 7.48. The van der Waals surface area contributed by atoms with Gasteiger partial charge in [0.2, 0.25) is 5.91 Å². The third kappa shape index (κ3) is 5.57. The van der Waals surface area contributed by atoms with E-state index in [0.717, 1.165) is 47.5 Å². The van der Waals surface area contributed by atoms with Gasteiger partial charge in [-0.25, -0.2) is 9.97 Å². The van der Waals surface area contributed by atoms with Crippen LogP contribution in [-0.2, 0) is 30.5 Å². The molecular formula is C30H31N3O. The normalized spacial score (nSPS) is 12.8. The van der Waals surface area contributed by atoms with Crippen LogP contribution in [0.4, 0.5) is 5.82 Å². The summed E-state index contributed by atoms with van der Waals surface area (Å²) in [7, 11) is 0. The Labute approximate surface area is 202 Å². The van der Waals surface area contributed by atoms with Crippen molar-refractivity contribution in [2.75, 3.05) is 5.32 Å². The number of hydrogen-bond donors (Lipinski definition) is 1. The van der Waals surface area contributed by atoms with E-state index < -0.39 is 0 Å². The minimum absolute atomic E-state index is 0.0775. The van der Waals surface area contributed by atoms with Crippen LogP contribution in [0.2, 0.25) is 0 Å². The van der Waals surface area contributed by atoms with Crippen molar-refractivity contribution in [3.8, 4) is 11.3 Å². The topological polar surface area (TPSA) is 54.9 Å². The number of nitrogens with one attached hydrogen (secondary N) is 1. The molecule has 1 aromatic heterocycles. The van der Waals surface area contributed by atoms with Crippen LogP contribution in [0.1, 0.15) is 41.4 Å². The van der Waals surface area contributed by atoms with Crippen molar-refractivity contribution >= 4 is 11.7 Å². The summed E-state index contributed by atoms with van der Waals surface area (Å²) in [6.07, 6.45) is 11.4. The number of hydrogen-bond acceptors (Lipinski definition) is 3. The first-order valence-corrected chi connectivity index (χ1v) is 11.8. The van der Waals surface area contributed by atoms with Crippen LogP contribution in [0, 0.1) is 6.92 Å². The average Bonchev–Trinajstić information content (AvgIpc) is 2.84. The summed E-state index contributed by atoms with van der Waals surface area (Å²) < 4.78 is 0. The first-order chi connectivity index (χ1) is 16.6. The molecule has 4 rings (SSSR count). The predicted molar refractivity (Wildman–Crippen MR) is 140 cm³/mol. The third-order valence-electron chi connectivity index (χ3n) is 6.12. The summed E-state index contributed by atoms with van der Waals surface area (Å²) in [5.41, 5.74) is 8.61. The van der Waals surface area contributed by atoms with E-state index in [-0.39, 0.29) is 5.91 Å². The van der Waals surface area contributed by atoms with Gasteiger partial charge in [-0.15, -0.1) is 0 Å². The molecule has 0 saturated carbocycles. The lowest BCUT2D eigenvalue weighted by Crippen LogP contribution is -2.20. The Morgan fingerprint density at radius 3 is 2.71 bits per heavy atom. The molecule has 2 aromatic carbocycles. The van der Waals surface area contributed by atoms with Gasteiger partial charge in [0.15, 0.2) is 5.82 Å². The molecule has 4 heteroatoms. The van der Waals surface area contributed by atoms with E-state index in [4.69, 9.17) is 9.97 Å². The van der Waals surface area contributed by atoms with Crippen LogP contribution in [0.25, 0.3) is 11.3 Å². The minimum Gasteiger partial charge on any atom is -0.309 e. The monoisotopic (exact) mass is 449 g/mol. The van der Waals surface area contributed by atoms with Gasteiger partial charge in [-0.1, -0.05) is 90.6 Å². The van der Waals surface area contributed by atoms with Gasteiger partial charge in [0, 0.05) is 5.56 Å².